The van der Waals surface area contributed by atoms with Crippen LogP contribution in [0.2, 0.25) is 0 Å². The van der Waals surface area contributed by atoms with Crippen molar-refractivity contribution in [3.05, 3.63) is 77.5 Å². The number of H-pyrrole nitrogens is 1. The number of benzene rings is 2. The van der Waals surface area contributed by atoms with Gasteiger partial charge in [-0.15, -0.1) is 0 Å². The molecule has 9 heteroatoms. The number of nitrogens with one attached hydrogen (secondary N) is 2. The molecule has 0 atom stereocenters. The van der Waals surface area contributed by atoms with Gasteiger partial charge in [0, 0.05) is 12.0 Å². The van der Waals surface area contributed by atoms with E-state index in [4.69, 9.17) is 9.31 Å². The molecule has 5 rings (SSSR count). The van der Waals surface area contributed by atoms with Gasteiger partial charge in [0.15, 0.2) is 5.65 Å². The Morgan fingerprint density at radius 2 is 1.85 bits per heavy atom. The molecular formula is C25H26BN5O3. The van der Waals surface area contributed by atoms with E-state index in [1.807, 2.05) is 36.4 Å². The molecule has 0 saturated heterocycles. The van der Waals surface area contributed by atoms with Crippen LogP contribution < -0.4 is 15.4 Å². The second-order valence-electron chi connectivity index (χ2n) is 8.38. The third kappa shape index (κ3) is 4.79. The molecule has 1 aliphatic heterocycles. The summed E-state index contributed by atoms with van der Waals surface area (Å²) < 4.78 is 11.6. The van der Waals surface area contributed by atoms with Crippen molar-refractivity contribution in [3.63, 3.8) is 0 Å². The van der Waals surface area contributed by atoms with Gasteiger partial charge in [0.25, 0.3) is 0 Å². The maximum absolute atomic E-state index is 12.6. The smallest absolute Gasteiger partial charge is 0.521 e. The lowest BCUT2D eigenvalue weighted by Crippen LogP contribution is -2.44. The monoisotopic (exact) mass is 455 g/mol. The summed E-state index contributed by atoms with van der Waals surface area (Å²) in [6.07, 6.45) is 7.04. The summed E-state index contributed by atoms with van der Waals surface area (Å²) in [6, 6.07) is 13.6. The summed E-state index contributed by atoms with van der Waals surface area (Å²) in [7, 11) is -0.760. The van der Waals surface area contributed by atoms with Gasteiger partial charge in [-0.3, -0.25) is 0 Å². The van der Waals surface area contributed by atoms with Crippen LogP contribution in [0.3, 0.4) is 0 Å². The molecule has 4 aromatic rings. The normalized spacial score (nSPS) is 13.0. The Balaban J connectivity index is 1.24. The summed E-state index contributed by atoms with van der Waals surface area (Å²) in [6.45, 7) is 3.88. The minimum atomic E-state index is -0.760. The highest BCUT2D eigenvalue weighted by Gasteiger charge is 2.35. The average Bonchev–Trinajstić information content (AvgIpc) is 3.35. The average molecular weight is 455 g/mol. The van der Waals surface area contributed by atoms with Crippen LogP contribution in [0, 0.1) is 0 Å². The molecular weight excluding hydrogens is 429 g/mol. The van der Waals surface area contributed by atoms with E-state index in [-0.39, 0.29) is 5.97 Å². The van der Waals surface area contributed by atoms with Gasteiger partial charge in [-0.2, -0.15) is 0 Å². The number of carbonyl (C=O) groups is 1. The molecule has 0 radical (unpaired) electrons. The number of nitrogens with zero attached hydrogens (tertiary/aromatic N) is 3. The van der Waals surface area contributed by atoms with E-state index in [0.29, 0.717) is 17.0 Å². The minimum Gasteiger partial charge on any atom is -0.521 e. The summed E-state index contributed by atoms with van der Waals surface area (Å²) in [5, 5.41) is 3.42. The predicted octanol–water partition coefficient (Wildman–Crippen LogP) is 2.97. The van der Waals surface area contributed by atoms with Crippen molar-refractivity contribution < 1.29 is 14.1 Å². The predicted molar refractivity (Wildman–Crippen MR) is 130 cm³/mol. The zero-order valence-electron chi connectivity index (χ0n) is 19.1. The summed E-state index contributed by atoms with van der Waals surface area (Å²) in [5.41, 5.74) is 5.98. The van der Waals surface area contributed by atoms with Gasteiger partial charge in [0.05, 0.1) is 17.6 Å². The molecule has 3 heterocycles. The van der Waals surface area contributed by atoms with E-state index in [9.17, 15) is 4.79 Å². The Hall–Kier alpha value is -3.72. The fraction of sp³-hybridized carbons (Fsp3) is 0.280. The fourth-order valence-electron chi connectivity index (χ4n) is 4.02. The number of hydrogen-bond donors (Lipinski definition) is 2. The van der Waals surface area contributed by atoms with Crippen LogP contribution in [0.1, 0.15) is 46.9 Å². The molecule has 0 aliphatic carbocycles. The van der Waals surface area contributed by atoms with Crippen LogP contribution in [0.5, 0.6) is 5.75 Å². The second-order valence-corrected chi connectivity index (χ2v) is 8.38. The molecule has 8 nitrogen and oxygen atoms in total. The Bertz CT molecular complexity index is 1290. The number of hydrogen-bond acceptors (Lipinski definition) is 7. The molecule has 1 aliphatic rings. The first-order valence-corrected chi connectivity index (χ1v) is 11.6. The van der Waals surface area contributed by atoms with Gasteiger partial charge in [0.2, 0.25) is 0 Å². The van der Waals surface area contributed by atoms with E-state index < -0.39 is 7.12 Å². The van der Waals surface area contributed by atoms with Crippen LogP contribution >= 0.6 is 0 Å². The fourth-order valence-corrected chi connectivity index (χ4v) is 4.02. The maximum Gasteiger partial charge on any atom is 0.634 e. The van der Waals surface area contributed by atoms with Crippen molar-refractivity contribution in [1.82, 2.24) is 25.3 Å². The number of unbranched alkanes of at least 4 members (excludes halogenated alkanes) is 1. The number of fused-ring (bicyclic) bond motifs is 2. The Kier molecular flexibility index (Phi) is 6.53. The molecule has 2 aromatic carbocycles. The van der Waals surface area contributed by atoms with Gasteiger partial charge in [-0.25, -0.2) is 19.7 Å². The highest BCUT2D eigenvalue weighted by atomic mass is 16.6. The lowest BCUT2D eigenvalue weighted by atomic mass is 9.77. The summed E-state index contributed by atoms with van der Waals surface area (Å²) in [5.74, 6) is 0.195. The zero-order valence-corrected chi connectivity index (χ0v) is 19.1. The quantitative estimate of drug-likeness (QED) is 0.296. The number of aromatic nitrogens is 4. The maximum atomic E-state index is 12.6. The Morgan fingerprint density at radius 1 is 1.00 bits per heavy atom. The lowest BCUT2D eigenvalue weighted by molar-refractivity contribution is 0.0687. The van der Waals surface area contributed by atoms with Crippen LogP contribution in [0.4, 0.5) is 0 Å². The van der Waals surface area contributed by atoms with E-state index in [0.717, 1.165) is 66.6 Å². The van der Waals surface area contributed by atoms with Gasteiger partial charge in [-0.05, 0) is 49.1 Å². The number of aromatic amines is 1. The molecule has 0 saturated carbocycles. The first kappa shape index (κ1) is 22.1. The van der Waals surface area contributed by atoms with E-state index >= 15 is 0 Å². The molecule has 0 unspecified atom stereocenters. The number of carbonyl (C=O) groups excluding carboxylic acids is 1. The van der Waals surface area contributed by atoms with E-state index in [2.05, 4.69) is 32.2 Å². The third-order valence-electron chi connectivity index (χ3n) is 5.95. The molecule has 0 bridgehead atoms. The van der Waals surface area contributed by atoms with Crippen LogP contribution in [-0.2, 0) is 24.0 Å². The highest BCUT2D eigenvalue weighted by Crippen LogP contribution is 2.26. The molecule has 0 fully saturated rings. The van der Waals surface area contributed by atoms with Crippen LogP contribution in [-0.4, -0.2) is 39.6 Å². The van der Waals surface area contributed by atoms with Crippen molar-refractivity contribution >= 4 is 29.7 Å². The van der Waals surface area contributed by atoms with Crippen molar-refractivity contribution in [2.75, 3.05) is 6.54 Å². The van der Waals surface area contributed by atoms with E-state index in [1.165, 1.54) is 0 Å². The van der Waals surface area contributed by atoms with Crippen molar-refractivity contribution in [3.8, 4) is 5.75 Å². The van der Waals surface area contributed by atoms with Gasteiger partial charge < -0.3 is 19.6 Å². The topological polar surface area (TPSA) is 102 Å². The second kappa shape index (κ2) is 10.0. The Labute approximate surface area is 198 Å². The molecule has 2 aromatic heterocycles. The van der Waals surface area contributed by atoms with Gasteiger partial charge in [0.1, 0.15) is 17.6 Å². The molecule has 34 heavy (non-hydrogen) atoms. The zero-order chi connectivity index (χ0) is 23.3. The first-order valence-electron chi connectivity index (χ1n) is 11.6. The lowest BCUT2D eigenvalue weighted by Gasteiger charge is -2.23. The highest BCUT2D eigenvalue weighted by molar-refractivity contribution is 6.64. The third-order valence-corrected chi connectivity index (χ3v) is 5.95. The number of aryl methyl sites for hydroxylation is 2. The molecule has 2 N–H and O–H groups in total. The number of imidazole rings is 1. The Morgan fingerprint density at radius 3 is 2.71 bits per heavy atom. The minimum absolute atomic E-state index is 0.367. The van der Waals surface area contributed by atoms with Gasteiger partial charge >= 0.3 is 13.1 Å². The van der Waals surface area contributed by atoms with Crippen LogP contribution in [0.25, 0.3) is 11.2 Å². The molecule has 0 amide bonds. The first-order chi connectivity index (χ1) is 16.7. The summed E-state index contributed by atoms with van der Waals surface area (Å²) in [4.78, 5) is 28.4. The molecule has 172 valence electrons. The SMILES string of the molecule is CCCCNCc1ccc2c(c1)OB(c1ccc(CCc3ncnc4nc[nH]c34)cc1)OC2=O. The standard InChI is InChI=1S/C25H26BN5O3/c1-2-3-12-27-14-18-6-10-20-22(13-18)33-26(34-25(20)32)19-8-4-17(5-9-19)7-11-21-23-24(30-15-28-21)31-16-29-23/h4-6,8-10,13,15-16,27H,2-3,7,11-12,14H2,1H3,(H,28,29,30,31). The summed E-state index contributed by atoms with van der Waals surface area (Å²) >= 11 is 0. The van der Waals surface area contributed by atoms with Crippen molar-refractivity contribution in [1.29, 1.82) is 0 Å². The van der Waals surface area contributed by atoms with Crippen molar-refractivity contribution in [2.45, 2.75) is 39.2 Å². The van der Waals surface area contributed by atoms with Crippen molar-refractivity contribution in [2.24, 2.45) is 0 Å². The largest absolute Gasteiger partial charge is 0.634 e. The van der Waals surface area contributed by atoms with E-state index in [1.54, 1.807) is 18.7 Å². The molecule has 0 spiro atoms. The van der Waals surface area contributed by atoms with Gasteiger partial charge in [-0.1, -0.05) is 43.7 Å². The van der Waals surface area contributed by atoms with Crippen LogP contribution in [0.15, 0.2) is 55.1 Å². The number of rotatable bonds is 9.